The SMILES string of the molecule is CC(CCN1CCOCC1)NC(=O)c1cccnc1Nc1ccccc1F. The van der Waals surface area contributed by atoms with Gasteiger partial charge < -0.3 is 15.4 Å². The van der Waals surface area contributed by atoms with E-state index in [-0.39, 0.29) is 17.6 Å². The van der Waals surface area contributed by atoms with Gasteiger partial charge in [0.1, 0.15) is 11.6 Å². The third-order valence-corrected chi connectivity index (χ3v) is 4.54. The zero-order valence-corrected chi connectivity index (χ0v) is 15.5. The molecular formula is C20H25FN4O2. The van der Waals surface area contributed by atoms with Crippen LogP contribution in [0.5, 0.6) is 0 Å². The Morgan fingerprint density at radius 3 is 2.81 bits per heavy atom. The lowest BCUT2D eigenvalue weighted by molar-refractivity contribution is 0.0363. The molecule has 7 heteroatoms. The molecule has 1 atom stereocenters. The number of rotatable bonds is 7. The maximum absolute atomic E-state index is 13.9. The van der Waals surface area contributed by atoms with Gasteiger partial charge in [-0.3, -0.25) is 9.69 Å². The van der Waals surface area contributed by atoms with Crippen molar-refractivity contribution in [3.63, 3.8) is 0 Å². The minimum atomic E-state index is -0.395. The number of ether oxygens (including phenoxy) is 1. The first kappa shape index (κ1) is 19.3. The van der Waals surface area contributed by atoms with Gasteiger partial charge >= 0.3 is 0 Å². The van der Waals surface area contributed by atoms with E-state index in [0.29, 0.717) is 11.4 Å². The lowest BCUT2D eigenvalue weighted by Gasteiger charge is -2.27. The van der Waals surface area contributed by atoms with Crippen molar-refractivity contribution in [2.45, 2.75) is 19.4 Å². The summed E-state index contributed by atoms with van der Waals surface area (Å²) >= 11 is 0. The number of nitrogens with zero attached hydrogens (tertiary/aromatic N) is 2. The first-order valence-corrected chi connectivity index (χ1v) is 9.21. The maximum atomic E-state index is 13.9. The van der Waals surface area contributed by atoms with Gasteiger partial charge in [-0.1, -0.05) is 12.1 Å². The number of carbonyl (C=O) groups excluding carboxylic acids is 1. The van der Waals surface area contributed by atoms with Crippen LogP contribution in [0.1, 0.15) is 23.7 Å². The molecule has 0 spiro atoms. The fourth-order valence-corrected chi connectivity index (χ4v) is 2.95. The Morgan fingerprint density at radius 2 is 2.04 bits per heavy atom. The van der Waals surface area contributed by atoms with E-state index < -0.39 is 5.82 Å². The number of hydrogen-bond acceptors (Lipinski definition) is 5. The zero-order chi connectivity index (χ0) is 19.1. The van der Waals surface area contributed by atoms with Crippen LogP contribution in [0.15, 0.2) is 42.6 Å². The summed E-state index contributed by atoms with van der Waals surface area (Å²) in [4.78, 5) is 19.2. The summed E-state index contributed by atoms with van der Waals surface area (Å²) in [5, 5.41) is 5.92. The third-order valence-electron chi connectivity index (χ3n) is 4.54. The van der Waals surface area contributed by atoms with Crippen molar-refractivity contribution in [2.75, 3.05) is 38.2 Å². The fraction of sp³-hybridized carbons (Fsp3) is 0.400. The number of hydrogen-bond donors (Lipinski definition) is 2. The summed E-state index contributed by atoms with van der Waals surface area (Å²) in [6, 6.07) is 9.70. The Hall–Kier alpha value is -2.51. The predicted octanol–water partition coefficient (Wildman–Crippen LogP) is 2.80. The monoisotopic (exact) mass is 372 g/mol. The molecule has 1 aliphatic rings. The molecule has 1 aliphatic heterocycles. The lowest BCUT2D eigenvalue weighted by atomic mass is 10.1. The molecule has 27 heavy (non-hydrogen) atoms. The number of morpholine rings is 1. The number of nitrogens with one attached hydrogen (secondary N) is 2. The van der Waals surface area contributed by atoms with Gasteiger partial charge in [0.25, 0.3) is 5.91 Å². The number of benzene rings is 1. The molecule has 1 unspecified atom stereocenters. The van der Waals surface area contributed by atoms with Crippen LogP contribution < -0.4 is 10.6 Å². The quantitative estimate of drug-likeness (QED) is 0.782. The molecule has 2 aromatic rings. The molecule has 144 valence electrons. The minimum absolute atomic E-state index is 0.0156. The largest absolute Gasteiger partial charge is 0.379 e. The van der Waals surface area contributed by atoms with Crippen LogP contribution in [-0.2, 0) is 4.74 Å². The van der Waals surface area contributed by atoms with Crippen molar-refractivity contribution in [1.82, 2.24) is 15.2 Å². The van der Waals surface area contributed by atoms with Crippen LogP contribution in [0.2, 0.25) is 0 Å². The van der Waals surface area contributed by atoms with Gasteiger partial charge in [-0.15, -0.1) is 0 Å². The summed E-state index contributed by atoms with van der Waals surface area (Å²) in [5.41, 5.74) is 0.671. The molecule has 1 fully saturated rings. The van der Waals surface area contributed by atoms with Gasteiger partial charge in [-0.2, -0.15) is 0 Å². The summed E-state index contributed by atoms with van der Waals surface area (Å²) in [6.45, 7) is 6.29. The van der Waals surface area contributed by atoms with E-state index in [9.17, 15) is 9.18 Å². The van der Waals surface area contributed by atoms with Crippen LogP contribution in [0.25, 0.3) is 0 Å². The van der Waals surface area contributed by atoms with Crippen molar-refractivity contribution in [3.8, 4) is 0 Å². The molecular weight excluding hydrogens is 347 g/mol. The topological polar surface area (TPSA) is 66.5 Å². The van der Waals surface area contributed by atoms with E-state index in [2.05, 4.69) is 20.5 Å². The molecule has 0 radical (unpaired) electrons. The van der Waals surface area contributed by atoms with Gasteiger partial charge in [0.2, 0.25) is 0 Å². The van der Waals surface area contributed by atoms with E-state index in [1.165, 1.54) is 6.07 Å². The molecule has 2 N–H and O–H groups in total. The number of anilines is 2. The highest BCUT2D eigenvalue weighted by atomic mass is 19.1. The van der Waals surface area contributed by atoms with Crippen LogP contribution in [-0.4, -0.2) is 54.7 Å². The van der Waals surface area contributed by atoms with E-state index in [4.69, 9.17) is 4.74 Å². The lowest BCUT2D eigenvalue weighted by Crippen LogP contribution is -2.40. The van der Waals surface area contributed by atoms with Gasteiger partial charge in [0.15, 0.2) is 0 Å². The average molecular weight is 372 g/mol. The van der Waals surface area contributed by atoms with E-state index >= 15 is 0 Å². The second kappa shape index (κ2) is 9.43. The first-order valence-electron chi connectivity index (χ1n) is 9.21. The van der Waals surface area contributed by atoms with Crippen molar-refractivity contribution in [2.24, 2.45) is 0 Å². The molecule has 2 heterocycles. The number of aromatic nitrogens is 1. The second-order valence-electron chi connectivity index (χ2n) is 6.62. The Bertz CT molecular complexity index is 765. The Kier molecular flexibility index (Phi) is 6.73. The fourth-order valence-electron chi connectivity index (χ4n) is 2.95. The number of amides is 1. The molecule has 0 bridgehead atoms. The standard InChI is InChI=1S/C20H25FN4O2/c1-15(8-10-25-11-13-27-14-12-25)23-20(26)16-5-4-9-22-19(16)24-18-7-3-2-6-17(18)21/h2-7,9,15H,8,10-14H2,1H3,(H,22,24)(H,23,26). The van der Waals surface area contributed by atoms with Gasteiger partial charge in [-0.25, -0.2) is 9.37 Å². The van der Waals surface area contributed by atoms with Crippen molar-refractivity contribution in [1.29, 1.82) is 0 Å². The second-order valence-corrected chi connectivity index (χ2v) is 6.62. The molecule has 1 saturated heterocycles. The summed E-state index contributed by atoms with van der Waals surface area (Å²) in [5.74, 6) is -0.287. The van der Waals surface area contributed by atoms with Crippen LogP contribution in [0, 0.1) is 5.82 Å². The molecule has 1 aromatic heterocycles. The smallest absolute Gasteiger partial charge is 0.255 e. The van der Waals surface area contributed by atoms with E-state index in [1.807, 2.05) is 6.92 Å². The molecule has 6 nitrogen and oxygen atoms in total. The average Bonchev–Trinajstić information content (AvgIpc) is 2.69. The van der Waals surface area contributed by atoms with Crippen molar-refractivity contribution < 1.29 is 13.9 Å². The van der Waals surface area contributed by atoms with Crippen LogP contribution in [0.4, 0.5) is 15.9 Å². The molecule has 0 saturated carbocycles. The molecule has 3 rings (SSSR count). The minimum Gasteiger partial charge on any atom is -0.379 e. The number of para-hydroxylation sites is 1. The Labute approximate surface area is 158 Å². The maximum Gasteiger partial charge on any atom is 0.255 e. The van der Waals surface area contributed by atoms with Gasteiger partial charge in [0.05, 0.1) is 24.5 Å². The van der Waals surface area contributed by atoms with Crippen LogP contribution in [0.3, 0.4) is 0 Å². The highest BCUT2D eigenvalue weighted by Gasteiger charge is 2.17. The number of carbonyl (C=O) groups is 1. The van der Waals surface area contributed by atoms with Gasteiger partial charge in [-0.05, 0) is 37.6 Å². The Morgan fingerprint density at radius 1 is 1.26 bits per heavy atom. The Balaban J connectivity index is 1.60. The number of halogens is 1. The molecule has 1 aromatic carbocycles. The highest BCUT2D eigenvalue weighted by Crippen LogP contribution is 2.21. The summed E-state index contributed by atoms with van der Waals surface area (Å²) in [7, 11) is 0. The highest BCUT2D eigenvalue weighted by molar-refractivity contribution is 5.99. The van der Waals surface area contributed by atoms with Crippen molar-refractivity contribution in [3.05, 3.63) is 54.0 Å². The number of pyridine rings is 1. The third kappa shape index (κ3) is 5.48. The van der Waals surface area contributed by atoms with E-state index in [0.717, 1.165) is 39.3 Å². The molecule has 1 amide bonds. The van der Waals surface area contributed by atoms with E-state index in [1.54, 1.807) is 36.5 Å². The predicted molar refractivity (Wildman–Crippen MR) is 103 cm³/mol. The van der Waals surface area contributed by atoms with Crippen molar-refractivity contribution >= 4 is 17.4 Å². The normalized spacial score (nSPS) is 15.9. The zero-order valence-electron chi connectivity index (χ0n) is 15.5. The van der Waals surface area contributed by atoms with Gasteiger partial charge in [0, 0.05) is 31.9 Å². The van der Waals surface area contributed by atoms with Crippen LogP contribution >= 0.6 is 0 Å². The first-order chi connectivity index (χ1) is 13.1. The molecule has 0 aliphatic carbocycles. The summed E-state index contributed by atoms with van der Waals surface area (Å²) < 4.78 is 19.2. The summed E-state index contributed by atoms with van der Waals surface area (Å²) in [6.07, 6.45) is 2.42.